The third-order valence-corrected chi connectivity index (χ3v) is 5.76. The second kappa shape index (κ2) is 7.46. The average Bonchev–Trinajstić information content (AvgIpc) is 3.05. The second-order valence-corrected chi connectivity index (χ2v) is 7.60. The monoisotopic (exact) mass is 393 g/mol. The summed E-state index contributed by atoms with van der Waals surface area (Å²) in [7, 11) is 1.26. The molecule has 4 rings (SSSR count). The van der Waals surface area contributed by atoms with Gasteiger partial charge in [0.05, 0.1) is 44.8 Å². The number of amides is 2. The predicted molar refractivity (Wildman–Crippen MR) is 99.1 cm³/mol. The number of carbonyl (C=O) groups is 2. The lowest BCUT2D eigenvalue weighted by molar-refractivity contribution is -0.124. The molecule has 1 aromatic carbocycles. The van der Waals surface area contributed by atoms with Crippen LogP contribution in [-0.4, -0.2) is 64.8 Å². The van der Waals surface area contributed by atoms with E-state index >= 15 is 0 Å². The van der Waals surface area contributed by atoms with Gasteiger partial charge in [0.25, 0.3) is 0 Å². The zero-order valence-electron chi connectivity index (χ0n) is 15.8. The highest BCUT2D eigenvalue weighted by Gasteiger charge is 2.41. The smallest absolute Gasteiger partial charge is 0.414 e. The van der Waals surface area contributed by atoms with Crippen LogP contribution in [0, 0.1) is 11.2 Å². The first-order valence-corrected chi connectivity index (χ1v) is 9.42. The Bertz CT molecular complexity index is 760. The second-order valence-electron chi connectivity index (χ2n) is 7.60. The quantitative estimate of drug-likeness (QED) is 0.844. The molecule has 28 heavy (non-hydrogen) atoms. The van der Waals surface area contributed by atoms with Crippen LogP contribution < -0.4 is 15.1 Å². The van der Waals surface area contributed by atoms with Gasteiger partial charge in [-0.15, -0.1) is 0 Å². The van der Waals surface area contributed by atoms with E-state index in [1.54, 1.807) is 12.1 Å². The van der Waals surface area contributed by atoms with Crippen LogP contribution in [-0.2, 0) is 14.2 Å². The lowest BCUT2D eigenvalue weighted by atomic mass is 9.77. The maximum atomic E-state index is 14.8. The van der Waals surface area contributed by atoms with E-state index in [0.717, 1.165) is 39.1 Å². The number of rotatable bonds is 4. The summed E-state index contributed by atoms with van der Waals surface area (Å²) in [4.78, 5) is 26.7. The van der Waals surface area contributed by atoms with Crippen molar-refractivity contribution in [3.05, 3.63) is 24.0 Å². The molecule has 1 N–H and O–H groups in total. The highest BCUT2D eigenvalue weighted by Crippen LogP contribution is 2.40. The average molecular weight is 393 g/mol. The van der Waals surface area contributed by atoms with Crippen LogP contribution in [0.2, 0.25) is 0 Å². The molecular formula is C19H24FN3O5. The molecule has 1 spiro atoms. The summed E-state index contributed by atoms with van der Waals surface area (Å²) in [6.45, 7) is 3.58. The Labute approximate surface area is 162 Å². The summed E-state index contributed by atoms with van der Waals surface area (Å²) in [6.07, 6.45) is 0.330. The van der Waals surface area contributed by atoms with Crippen molar-refractivity contribution in [2.75, 3.05) is 56.3 Å². The van der Waals surface area contributed by atoms with Gasteiger partial charge in [0, 0.05) is 18.5 Å². The molecule has 1 atom stereocenters. The summed E-state index contributed by atoms with van der Waals surface area (Å²) in [5.41, 5.74) is 1.28. The van der Waals surface area contributed by atoms with E-state index < -0.39 is 18.3 Å². The number of ether oxygens (including phenoxy) is 3. The Kier molecular flexibility index (Phi) is 5.01. The number of alkyl carbamates (subject to hydrolysis) is 1. The molecule has 3 aliphatic rings. The fourth-order valence-electron chi connectivity index (χ4n) is 3.93. The van der Waals surface area contributed by atoms with Crippen molar-refractivity contribution in [2.24, 2.45) is 5.41 Å². The van der Waals surface area contributed by atoms with Gasteiger partial charge in [-0.25, -0.2) is 14.0 Å². The van der Waals surface area contributed by atoms with Crippen molar-refractivity contribution >= 4 is 23.6 Å². The minimum Gasteiger partial charge on any atom is -0.453 e. The van der Waals surface area contributed by atoms with Crippen molar-refractivity contribution in [1.29, 1.82) is 0 Å². The lowest BCUT2D eigenvalue weighted by Crippen LogP contribution is -2.51. The molecule has 3 saturated heterocycles. The Balaban J connectivity index is 1.39. The van der Waals surface area contributed by atoms with Gasteiger partial charge in [-0.2, -0.15) is 0 Å². The number of carbonyl (C=O) groups excluding carboxylic acids is 2. The number of anilines is 2. The Morgan fingerprint density at radius 2 is 2.11 bits per heavy atom. The van der Waals surface area contributed by atoms with Crippen LogP contribution in [0.15, 0.2) is 18.2 Å². The molecule has 0 radical (unpaired) electrons. The van der Waals surface area contributed by atoms with E-state index in [0.29, 0.717) is 16.8 Å². The van der Waals surface area contributed by atoms with E-state index in [2.05, 4.69) is 10.1 Å². The van der Waals surface area contributed by atoms with Gasteiger partial charge in [-0.05, 0) is 31.0 Å². The predicted octanol–water partition coefficient (Wildman–Crippen LogP) is 2.12. The van der Waals surface area contributed by atoms with Gasteiger partial charge in [-0.1, -0.05) is 0 Å². The summed E-state index contributed by atoms with van der Waals surface area (Å²) in [5, 5.41) is 2.49. The molecule has 8 nitrogen and oxygen atoms in total. The topological polar surface area (TPSA) is 80.3 Å². The van der Waals surface area contributed by atoms with Crippen LogP contribution in [0.1, 0.15) is 12.8 Å². The number of methoxy groups -OCH3 is 1. The van der Waals surface area contributed by atoms with Crippen molar-refractivity contribution in [2.45, 2.75) is 18.9 Å². The Morgan fingerprint density at radius 3 is 2.71 bits per heavy atom. The molecule has 9 heteroatoms. The Hall–Kier alpha value is -2.55. The van der Waals surface area contributed by atoms with Gasteiger partial charge >= 0.3 is 12.2 Å². The first-order chi connectivity index (χ1) is 13.5. The molecule has 2 amide bonds. The van der Waals surface area contributed by atoms with E-state index in [9.17, 15) is 14.0 Å². The summed E-state index contributed by atoms with van der Waals surface area (Å²) in [6, 6.07) is 4.81. The van der Waals surface area contributed by atoms with Crippen LogP contribution in [0.4, 0.5) is 25.4 Å². The first-order valence-electron chi connectivity index (χ1n) is 9.42. The third kappa shape index (κ3) is 3.58. The summed E-state index contributed by atoms with van der Waals surface area (Å²) < 4.78 is 29.8. The zero-order chi connectivity index (χ0) is 19.7. The number of nitrogens with zero attached hydrogens (tertiary/aromatic N) is 2. The fraction of sp³-hybridized carbons (Fsp3) is 0.579. The molecule has 152 valence electrons. The highest BCUT2D eigenvalue weighted by molar-refractivity contribution is 5.90. The molecule has 0 aliphatic carbocycles. The van der Waals surface area contributed by atoms with E-state index in [1.807, 2.05) is 4.90 Å². The number of hydrogen-bond acceptors (Lipinski definition) is 6. The number of benzene rings is 1. The van der Waals surface area contributed by atoms with Gasteiger partial charge in [0.15, 0.2) is 0 Å². The van der Waals surface area contributed by atoms with Gasteiger partial charge < -0.3 is 24.4 Å². The molecule has 0 bridgehead atoms. The van der Waals surface area contributed by atoms with E-state index in [4.69, 9.17) is 9.47 Å². The molecule has 0 saturated carbocycles. The van der Waals surface area contributed by atoms with Crippen LogP contribution >= 0.6 is 0 Å². The molecule has 1 aromatic rings. The minimum absolute atomic E-state index is 0.134. The first kappa shape index (κ1) is 18.8. The Morgan fingerprint density at radius 1 is 1.36 bits per heavy atom. The van der Waals surface area contributed by atoms with Crippen LogP contribution in [0.25, 0.3) is 0 Å². The molecule has 3 aliphatic heterocycles. The molecule has 0 unspecified atom stereocenters. The minimum atomic E-state index is -0.596. The largest absolute Gasteiger partial charge is 0.453 e. The molecule has 3 heterocycles. The third-order valence-electron chi connectivity index (χ3n) is 5.76. The highest BCUT2D eigenvalue weighted by atomic mass is 19.1. The number of halogens is 1. The molecular weight excluding hydrogens is 369 g/mol. The van der Waals surface area contributed by atoms with E-state index in [1.165, 1.54) is 18.1 Å². The van der Waals surface area contributed by atoms with E-state index in [-0.39, 0.29) is 18.9 Å². The van der Waals surface area contributed by atoms with Crippen molar-refractivity contribution in [1.82, 2.24) is 5.32 Å². The molecule has 3 fully saturated rings. The standard InChI is InChI=1S/C19H24FN3O5/c1-26-17(24)21-9-14-10-23(18(25)28-14)13-2-3-16(15(20)8-13)22-6-4-19(5-7-22)11-27-12-19/h2-3,8,14H,4-7,9-12H2,1H3,(H,21,24)/t14-/m0/s1. The summed E-state index contributed by atoms with van der Waals surface area (Å²) >= 11 is 0. The number of nitrogens with one attached hydrogen (secondary N) is 1. The normalized spacial score (nSPS) is 23.4. The van der Waals surface area contributed by atoms with Crippen molar-refractivity contribution < 1.29 is 28.2 Å². The fourth-order valence-corrected chi connectivity index (χ4v) is 3.93. The molecule has 0 aromatic heterocycles. The van der Waals surface area contributed by atoms with Gasteiger partial charge in [0.1, 0.15) is 11.9 Å². The number of cyclic esters (lactones) is 1. The van der Waals surface area contributed by atoms with Crippen LogP contribution in [0.3, 0.4) is 0 Å². The van der Waals surface area contributed by atoms with Crippen molar-refractivity contribution in [3.63, 3.8) is 0 Å². The number of piperidine rings is 1. The number of hydrogen-bond donors (Lipinski definition) is 1. The van der Waals surface area contributed by atoms with Crippen LogP contribution in [0.5, 0.6) is 0 Å². The van der Waals surface area contributed by atoms with Gasteiger partial charge in [-0.3, -0.25) is 4.90 Å². The maximum Gasteiger partial charge on any atom is 0.414 e. The maximum absolute atomic E-state index is 14.8. The lowest BCUT2D eigenvalue weighted by Gasteiger charge is -2.47. The van der Waals surface area contributed by atoms with Crippen molar-refractivity contribution in [3.8, 4) is 0 Å². The summed E-state index contributed by atoms with van der Waals surface area (Å²) in [5.74, 6) is -0.359. The zero-order valence-corrected chi connectivity index (χ0v) is 15.8. The SMILES string of the molecule is COC(=O)NC[C@H]1CN(c2ccc(N3CCC4(CC3)COC4)c(F)c2)C(=O)O1. The van der Waals surface area contributed by atoms with Gasteiger partial charge in [0.2, 0.25) is 0 Å².